The van der Waals surface area contributed by atoms with E-state index < -0.39 is 66.3 Å². The van der Waals surface area contributed by atoms with Crippen molar-refractivity contribution in [1.82, 2.24) is 16.0 Å². The Hall–Kier alpha value is -4.74. The molecular formula is C33H29Cl2F5N4O5. The molecule has 3 aromatic rings. The first kappa shape index (κ1) is 38.7. The molecule has 0 aliphatic carbocycles. The molecule has 0 bridgehead atoms. The van der Waals surface area contributed by atoms with Crippen LogP contribution in [0.25, 0.3) is 0 Å². The molecule has 49 heavy (non-hydrogen) atoms. The van der Waals surface area contributed by atoms with Gasteiger partial charge < -0.3 is 20.7 Å². The third-order valence-electron chi connectivity index (χ3n) is 6.85. The number of ketones is 1. The maximum absolute atomic E-state index is 14.8. The zero-order chi connectivity index (χ0) is 36.5. The van der Waals surface area contributed by atoms with Crippen LogP contribution < -0.4 is 20.7 Å². The van der Waals surface area contributed by atoms with Crippen molar-refractivity contribution >= 4 is 46.7 Å². The van der Waals surface area contributed by atoms with Crippen LogP contribution in [-0.2, 0) is 25.6 Å². The van der Waals surface area contributed by atoms with Gasteiger partial charge in [-0.05, 0) is 47.4 Å². The summed E-state index contributed by atoms with van der Waals surface area (Å²) in [6, 6.07) is 16.2. The molecule has 3 N–H and O–H groups in total. The van der Waals surface area contributed by atoms with Gasteiger partial charge >= 0.3 is 12.1 Å². The molecule has 0 unspecified atom stereocenters. The fourth-order valence-electron chi connectivity index (χ4n) is 4.48. The topological polar surface area (TPSA) is 137 Å². The van der Waals surface area contributed by atoms with Gasteiger partial charge in [-0.1, -0.05) is 79.5 Å². The van der Waals surface area contributed by atoms with Crippen molar-refractivity contribution in [1.29, 1.82) is 5.26 Å². The first-order chi connectivity index (χ1) is 22.9. The van der Waals surface area contributed by atoms with Crippen molar-refractivity contribution in [2.24, 2.45) is 5.92 Å². The number of nitrogens with zero attached hydrogens (tertiary/aromatic N) is 1. The molecular weight excluding hydrogens is 698 g/mol. The van der Waals surface area contributed by atoms with Crippen LogP contribution in [0.1, 0.15) is 36.6 Å². The van der Waals surface area contributed by atoms with Crippen LogP contribution >= 0.6 is 23.2 Å². The lowest BCUT2D eigenvalue weighted by Gasteiger charge is -2.28. The number of ether oxygens (including phenoxy) is 1. The quantitative estimate of drug-likeness (QED) is 0.143. The van der Waals surface area contributed by atoms with Crippen molar-refractivity contribution in [2.75, 3.05) is 6.54 Å². The number of alkyl halides is 5. The minimum atomic E-state index is -5.03. The first-order valence-electron chi connectivity index (χ1n) is 14.5. The molecule has 16 heteroatoms. The predicted molar refractivity (Wildman–Crippen MR) is 169 cm³/mol. The Balaban J connectivity index is 1.94. The smallest absolute Gasteiger partial charge is 0.405 e. The van der Waals surface area contributed by atoms with Gasteiger partial charge in [-0.15, -0.1) is 0 Å². The Morgan fingerprint density at radius 2 is 1.53 bits per heavy atom. The zero-order valence-corrected chi connectivity index (χ0v) is 27.3. The highest BCUT2D eigenvalue weighted by atomic mass is 35.5. The average molecular weight is 728 g/mol. The molecule has 0 fully saturated rings. The van der Waals surface area contributed by atoms with E-state index in [4.69, 9.17) is 27.9 Å². The van der Waals surface area contributed by atoms with Gasteiger partial charge in [-0.2, -0.15) is 27.2 Å². The van der Waals surface area contributed by atoms with E-state index in [0.29, 0.717) is 10.6 Å². The number of hydrogen-bond donors (Lipinski definition) is 3. The van der Waals surface area contributed by atoms with Crippen LogP contribution in [0.4, 0.5) is 22.0 Å². The summed E-state index contributed by atoms with van der Waals surface area (Å²) in [5, 5.41) is 15.4. The summed E-state index contributed by atoms with van der Waals surface area (Å²) in [5.41, 5.74) is 0.806. The van der Waals surface area contributed by atoms with Gasteiger partial charge in [-0.3, -0.25) is 19.2 Å². The molecule has 0 aliphatic rings. The van der Waals surface area contributed by atoms with E-state index in [0.717, 1.165) is 5.32 Å². The number of carbonyl (C=O) groups is 4. The van der Waals surface area contributed by atoms with Gasteiger partial charge in [0.25, 0.3) is 11.8 Å². The molecule has 0 aromatic heterocycles. The Bertz CT molecular complexity index is 1720. The molecule has 0 saturated heterocycles. The van der Waals surface area contributed by atoms with Crippen molar-refractivity contribution in [3.05, 3.63) is 99.5 Å². The largest absolute Gasteiger partial charge is 0.480 e. The van der Waals surface area contributed by atoms with Crippen LogP contribution in [0.2, 0.25) is 10.0 Å². The minimum absolute atomic E-state index is 0.0310. The van der Waals surface area contributed by atoms with Crippen LogP contribution in [0.15, 0.2) is 72.8 Å². The Morgan fingerprint density at radius 3 is 2.12 bits per heavy atom. The summed E-state index contributed by atoms with van der Waals surface area (Å²) >= 11 is 12.2. The number of nitriles is 1. The monoisotopic (exact) mass is 726 g/mol. The van der Waals surface area contributed by atoms with Gasteiger partial charge in [0, 0.05) is 16.5 Å². The van der Waals surface area contributed by atoms with Crippen LogP contribution in [0.3, 0.4) is 0 Å². The molecule has 260 valence electrons. The van der Waals surface area contributed by atoms with Crippen LogP contribution in [0.5, 0.6) is 5.75 Å². The van der Waals surface area contributed by atoms with Crippen LogP contribution in [-0.4, -0.2) is 54.3 Å². The number of halogens is 7. The second kappa shape index (κ2) is 16.6. The van der Waals surface area contributed by atoms with E-state index in [1.54, 1.807) is 30.3 Å². The number of carbonyl (C=O) groups excluding carboxylic acids is 4. The maximum Gasteiger partial charge on any atom is 0.405 e. The van der Waals surface area contributed by atoms with E-state index in [1.807, 2.05) is 6.07 Å². The summed E-state index contributed by atoms with van der Waals surface area (Å²) < 4.78 is 73.1. The number of rotatable bonds is 14. The first-order valence-corrected chi connectivity index (χ1v) is 15.2. The minimum Gasteiger partial charge on any atom is -0.480 e. The lowest BCUT2D eigenvalue weighted by molar-refractivity contribution is -0.165. The molecule has 3 rings (SSSR count). The van der Waals surface area contributed by atoms with Crippen molar-refractivity contribution in [3.63, 3.8) is 0 Å². The summed E-state index contributed by atoms with van der Waals surface area (Å²) in [4.78, 5) is 52.3. The molecule has 3 amide bonds. The van der Waals surface area contributed by atoms with Gasteiger partial charge in [0.05, 0.1) is 17.7 Å². The second-order valence-corrected chi connectivity index (χ2v) is 11.9. The molecule has 3 aromatic carbocycles. The van der Waals surface area contributed by atoms with Crippen LogP contribution in [0, 0.1) is 17.2 Å². The van der Waals surface area contributed by atoms with Gasteiger partial charge in [0.15, 0.2) is 6.10 Å². The number of amides is 3. The van der Waals surface area contributed by atoms with E-state index in [-0.39, 0.29) is 28.3 Å². The zero-order valence-electron chi connectivity index (χ0n) is 25.8. The van der Waals surface area contributed by atoms with E-state index >= 15 is 0 Å². The van der Waals surface area contributed by atoms with E-state index in [2.05, 4.69) is 10.6 Å². The van der Waals surface area contributed by atoms with Gasteiger partial charge in [-0.25, -0.2) is 0 Å². The highest BCUT2D eigenvalue weighted by Gasteiger charge is 2.52. The lowest BCUT2D eigenvalue weighted by Crippen LogP contribution is -2.58. The van der Waals surface area contributed by atoms with Crippen molar-refractivity contribution in [2.45, 2.75) is 50.6 Å². The molecule has 0 radical (unpaired) electrons. The number of benzene rings is 3. The van der Waals surface area contributed by atoms with Gasteiger partial charge in [0.1, 0.15) is 18.3 Å². The van der Waals surface area contributed by atoms with Crippen molar-refractivity contribution in [3.8, 4) is 11.8 Å². The third kappa shape index (κ3) is 11.2. The fourth-order valence-corrected chi connectivity index (χ4v) is 4.91. The molecule has 3 atom stereocenters. The normalized spacial score (nSPS) is 13.4. The fraction of sp³-hybridized carbons (Fsp3) is 0.303. The van der Waals surface area contributed by atoms with E-state index in [9.17, 15) is 46.4 Å². The number of Topliss-reactive ketones (excluding diaryl/α,β-unsaturated/α-hetero) is 1. The molecule has 0 saturated carbocycles. The predicted octanol–water partition coefficient (Wildman–Crippen LogP) is 5.74. The number of hydrogen-bond acceptors (Lipinski definition) is 6. The summed E-state index contributed by atoms with van der Waals surface area (Å²) in [6.07, 6.45) is -6.54. The van der Waals surface area contributed by atoms with Gasteiger partial charge in [0.2, 0.25) is 11.7 Å². The summed E-state index contributed by atoms with van der Waals surface area (Å²) in [6.45, 7) is 0.414. The average Bonchev–Trinajstić information content (AvgIpc) is 3.03. The highest BCUT2D eigenvalue weighted by molar-refractivity contribution is 6.31. The Morgan fingerprint density at radius 1 is 0.857 bits per heavy atom. The highest BCUT2D eigenvalue weighted by Crippen LogP contribution is 2.25. The molecule has 0 aliphatic heterocycles. The van der Waals surface area contributed by atoms with Crippen molar-refractivity contribution < 1.29 is 45.9 Å². The maximum atomic E-state index is 14.8. The molecule has 9 nitrogen and oxygen atoms in total. The molecule has 0 spiro atoms. The number of nitrogens with one attached hydrogen (secondary N) is 3. The van der Waals surface area contributed by atoms with E-state index in [1.165, 1.54) is 56.3 Å². The Labute approximate surface area is 287 Å². The third-order valence-corrected chi connectivity index (χ3v) is 7.31. The Kier molecular flexibility index (Phi) is 13.1. The summed E-state index contributed by atoms with van der Waals surface area (Å²) in [7, 11) is 0. The SMILES string of the molecule is CC(C)[C@H](NC(=O)[C@@H](NC(=O)[C@@H](Cc1cccc(Cl)c1)Oc1cc(Cl)cc(C#N)c1)c1ccccc1)C(=O)C(F)(F)C(=O)NCC(F)(F)F. The lowest BCUT2D eigenvalue weighted by atomic mass is 9.94. The molecule has 0 heterocycles. The standard InChI is InChI=1S/C33H29Cl2F5N4O5/c1-18(2)26(28(45)33(39,40)31(48)42-17-32(36,37)38)43-30(47)27(21-8-4-3-5-9-21)44-29(46)25(14-19-7-6-10-22(34)11-19)49-24-13-20(16-41)12-23(35)15-24/h3-13,15,18,25-27H,14,17H2,1-2H3,(H,42,48)(H,43,47)(H,44,46)/t25-,26+,27+/m1/s1. The second-order valence-electron chi connectivity index (χ2n) is 11.0. The summed E-state index contributed by atoms with van der Waals surface area (Å²) in [5.74, 6) is -12.7.